The van der Waals surface area contributed by atoms with Crippen molar-refractivity contribution in [3.05, 3.63) is 48.0 Å². The number of imidazole rings is 1. The molecule has 0 bridgehead atoms. The number of carboxylic acid groups (broad SMARTS) is 1. The number of aliphatic carboxylic acids is 1. The zero-order chi connectivity index (χ0) is 15.1. The number of hydrogen-bond acceptors (Lipinski definition) is 3. The maximum absolute atomic E-state index is 11.7. The van der Waals surface area contributed by atoms with Crippen LogP contribution in [-0.4, -0.2) is 33.6 Å². The molecule has 2 rings (SSSR count). The lowest BCUT2D eigenvalue weighted by atomic mass is 10.1. The summed E-state index contributed by atoms with van der Waals surface area (Å²) in [4.78, 5) is 29.2. The van der Waals surface area contributed by atoms with Crippen molar-refractivity contribution in [2.75, 3.05) is 11.9 Å². The van der Waals surface area contributed by atoms with Crippen molar-refractivity contribution in [1.29, 1.82) is 0 Å². The van der Waals surface area contributed by atoms with Crippen molar-refractivity contribution in [2.24, 2.45) is 0 Å². The Labute approximate surface area is 121 Å². The number of urea groups is 1. The van der Waals surface area contributed by atoms with E-state index in [2.05, 4.69) is 20.6 Å². The van der Waals surface area contributed by atoms with Crippen LogP contribution in [0.5, 0.6) is 0 Å². The number of amides is 2. The Hall–Kier alpha value is -2.83. The molecule has 21 heavy (non-hydrogen) atoms. The number of rotatable bonds is 6. The molecule has 0 spiro atoms. The fraction of sp³-hybridized carbons (Fsp3) is 0.214. The predicted molar refractivity (Wildman–Crippen MR) is 77.1 cm³/mol. The zero-order valence-corrected chi connectivity index (χ0v) is 11.3. The molecule has 4 N–H and O–H groups in total. The van der Waals surface area contributed by atoms with Gasteiger partial charge in [0.2, 0.25) is 0 Å². The van der Waals surface area contributed by atoms with E-state index in [9.17, 15) is 9.59 Å². The van der Waals surface area contributed by atoms with E-state index >= 15 is 0 Å². The van der Waals surface area contributed by atoms with Gasteiger partial charge in [-0.2, -0.15) is 0 Å². The lowest BCUT2D eigenvalue weighted by molar-refractivity contribution is -0.136. The summed E-state index contributed by atoms with van der Waals surface area (Å²) in [6, 6.07) is 6.38. The van der Waals surface area contributed by atoms with Gasteiger partial charge >= 0.3 is 12.0 Å². The second-order valence-corrected chi connectivity index (χ2v) is 4.43. The van der Waals surface area contributed by atoms with Gasteiger partial charge in [0.15, 0.2) is 0 Å². The summed E-state index contributed by atoms with van der Waals surface area (Å²) >= 11 is 0. The summed E-state index contributed by atoms with van der Waals surface area (Å²) in [6.07, 6.45) is 3.98. The molecule has 0 aliphatic rings. The van der Waals surface area contributed by atoms with E-state index in [0.29, 0.717) is 24.2 Å². The fourth-order valence-electron chi connectivity index (χ4n) is 1.78. The van der Waals surface area contributed by atoms with Crippen LogP contribution in [0, 0.1) is 0 Å². The molecule has 7 nitrogen and oxygen atoms in total. The molecule has 1 heterocycles. The van der Waals surface area contributed by atoms with Crippen molar-refractivity contribution >= 4 is 17.7 Å². The third-order valence-electron chi connectivity index (χ3n) is 2.77. The molecule has 2 aromatic rings. The molecule has 0 saturated carbocycles. The number of anilines is 1. The molecule has 2 amide bonds. The maximum atomic E-state index is 11.7. The van der Waals surface area contributed by atoms with Crippen molar-refractivity contribution in [3.8, 4) is 0 Å². The highest BCUT2D eigenvalue weighted by Crippen LogP contribution is 2.09. The first kappa shape index (κ1) is 14.6. The minimum absolute atomic E-state index is 0.0321. The van der Waals surface area contributed by atoms with Gasteiger partial charge < -0.3 is 20.7 Å². The van der Waals surface area contributed by atoms with E-state index in [1.807, 2.05) is 0 Å². The van der Waals surface area contributed by atoms with Gasteiger partial charge in [0, 0.05) is 31.0 Å². The lowest BCUT2D eigenvalue weighted by Gasteiger charge is -2.07. The van der Waals surface area contributed by atoms with Crippen LogP contribution in [0.2, 0.25) is 0 Å². The van der Waals surface area contributed by atoms with Gasteiger partial charge in [-0.05, 0) is 17.7 Å². The van der Waals surface area contributed by atoms with Crippen LogP contribution in [-0.2, 0) is 17.6 Å². The number of carbonyl (C=O) groups is 2. The van der Waals surface area contributed by atoms with E-state index in [0.717, 1.165) is 5.82 Å². The number of nitrogens with zero attached hydrogens (tertiary/aromatic N) is 1. The predicted octanol–water partition coefficient (Wildman–Crippen LogP) is 1.40. The Morgan fingerprint density at radius 3 is 2.62 bits per heavy atom. The van der Waals surface area contributed by atoms with Gasteiger partial charge in [0.05, 0.1) is 6.42 Å². The van der Waals surface area contributed by atoms with E-state index in [4.69, 9.17) is 5.11 Å². The molecule has 0 atom stereocenters. The summed E-state index contributed by atoms with van der Waals surface area (Å²) in [7, 11) is 0. The average molecular weight is 288 g/mol. The molecule has 1 aromatic carbocycles. The van der Waals surface area contributed by atoms with E-state index < -0.39 is 5.97 Å². The van der Waals surface area contributed by atoms with E-state index in [1.54, 1.807) is 36.7 Å². The normalized spacial score (nSPS) is 10.1. The Balaban J connectivity index is 1.75. The molecular weight excluding hydrogens is 272 g/mol. The third-order valence-corrected chi connectivity index (χ3v) is 2.77. The first-order valence-corrected chi connectivity index (χ1v) is 6.47. The SMILES string of the molecule is O=C(O)Cc1ccc(NC(=O)NCCc2ncc[nH]2)cc1. The number of aromatic amines is 1. The zero-order valence-electron chi connectivity index (χ0n) is 11.3. The molecule has 7 heteroatoms. The number of hydrogen-bond donors (Lipinski definition) is 4. The topological polar surface area (TPSA) is 107 Å². The molecule has 0 saturated heterocycles. The summed E-state index contributed by atoms with van der Waals surface area (Å²) in [5.41, 5.74) is 1.30. The summed E-state index contributed by atoms with van der Waals surface area (Å²) < 4.78 is 0. The van der Waals surface area contributed by atoms with E-state index in [-0.39, 0.29) is 12.5 Å². The van der Waals surface area contributed by atoms with Crippen LogP contribution >= 0.6 is 0 Å². The smallest absolute Gasteiger partial charge is 0.319 e. The van der Waals surface area contributed by atoms with Crippen LogP contribution in [0.15, 0.2) is 36.7 Å². The Morgan fingerprint density at radius 2 is 2.00 bits per heavy atom. The van der Waals surface area contributed by atoms with Crippen molar-refractivity contribution in [2.45, 2.75) is 12.8 Å². The van der Waals surface area contributed by atoms with Gasteiger partial charge in [0.25, 0.3) is 0 Å². The number of carbonyl (C=O) groups excluding carboxylic acids is 1. The highest BCUT2D eigenvalue weighted by molar-refractivity contribution is 5.89. The summed E-state index contributed by atoms with van der Waals surface area (Å²) in [5.74, 6) is -0.0697. The van der Waals surface area contributed by atoms with Crippen LogP contribution in [0.1, 0.15) is 11.4 Å². The van der Waals surface area contributed by atoms with Gasteiger partial charge in [-0.25, -0.2) is 9.78 Å². The molecule has 0 aliphatic heterocycles. The third kappa shape index (κ3) is 4.98. The number of H-pyrrole nitrogens is 1. The summed E-state index contributed by atoms with van der Waals surface area (Å²) in [5, 5.41) is 14.1. The second-order valence-electron chi connectivity index (χ2n) is 4.43. The quantitative estimate of drug-likeness (QED) is 0.644. The minimum Gasteiger partial charge on any atom is -0.481 e. The van der Waals surface area contributed by atoms with Crippen LogP contribution in [0.4, 0.5) is 10.5 Å². The first-order chi connectivity index (χ1) is 10.1. The molecule has 1 aromatic heterocycles. The first-order valence-electron chi connectivity index (χ1n) is 6.47. The van der Waals surface area contributed by atoms with Crippen molar-refractivity contribution in [3.63, 3.8) is 0 Å². The average Bonchev–Trinajstić information content (AvgIpc) is 2.93. The van der Waals surface area contributed by atoms with Crippen LogP contribution in [0.3, 0.4) is 0 Å². The largest absolute Gasteiger partial charge is 0.481 e. The second kappa shape index (κ2) is 7.09. The Morgan fingerprint density at radius 1 is 1.24 bits per heavy atom. The highest BCUT2D eigenvalue weighted by Gasteiger charge is 2.03. The highest BCUT2D eigenvalue weighted by atomic mass is 16.4. The Kier molecular flexibility index (Phi) is 4.92. The molecular formula is C14H16N4O3. The molecule has 0 aliphatic carbocycles. The van der Waals surface area contributed by atoms with Crippen LogP contribution < -0.4 is 10.6 Å². The van der Waals surface area contributed by atoms with Crippen LogP contribution in [0.25, 0.3) is 0 Å². The molecule has 0 fully saturated rings. The molecule has 0 unspecified atom stereocenters. The fourth-order valence-corrected chi connectivity index (χ4v) is 1.78. The number of benzene rings is 1. The van der Waals surface area contributed by atoms with Gasteiger partial charge in [-0.1, -0.05) is 12.1 Å². The van der Waals surface area contributed by atoms with Gasteiger partial charge in [-0.15, -0.1) is 0 Å². The summed E-state index contributed by atoms with van der Waals surface area (Å²) in [6.45, 7) is 0.469. The minimum atomic E-state index is -0.883. The standard InChI is InChI=1S/C14H16N4O3/c19-13(20)9-10-1-3-11(4-2-10)18-14(21)17-6-5-12-15-7-8-16-12/h1-4,7-8H,5-6,9H2,(H,15,16)(H,19,20)(H2,17,18,21). The van der Waals surface area contributed by atoms with Gasteiger partial charge in [-0.3, -0.25) is 4.79 Å². The number of nitrogens with one attached hydrogen (secondary N) is 3. The number of aromatic nitrogens is 2. The van der Waals surface area contributed by atoms with E-state index in [1.165, 1.54) is 0 Å². The molecule has 110 valence electrons. The monoisotopic (exact) mass is 288 g/mol. The lowest BCUT2D eigenvalue weighted by Crippen LogP contribution is -2.30. The van der Waals surface area contributed by atoms with Gasteiger partial charge in [0.1, 0.15) is 5.82 Å². The number of carboxylic acids is 1. The molecule has 0 radical (unpaired) electrons. The maximum Gasteiger partial charge on any atom is 0.319 e. The van der Waals surface area contributed by atoms with Crippen molar-refractivity contribution < 1.29 is 14.7 Å². The van der Waals surface area contributed by atoms with Crippen molar-refractivity contribution in [1.82, 2.24) is 15.3 Å². The Bertz CT molecular complexity index is 593.